The Balaban J connectivity index is 2.58. The number of halogens is 3. The Kier molecular flexibility index (Phi) is 8.27. The third-order valence-electron chi connectivity index (χ3n) is 2.36. The fraction of sp³-hybridized carbons (Fsp3) is 0.400. The zero-order chi connectivity index (χ0) is 16.5. The van der Waals surface area contributed by atoms with E-state index in [1.807, 2.05) is 20.8 Å². The van der Waals surface area contributed by atoms with E-state index in [1.54, 1.807) is 12.1 Å². The summed E-state index contributed by atoms with van der Waals surface area (Å²) < 4.78 is 23.0. The molecule has 122 valence electrons. The van der Waals surface area contributed by atoms with E-state index in [2.05, 4.69) is 21.1 Å². The minimum Gasteiger partial charge on any atom is -0.489 e. The first-order valence-electron chi connectivity index (χ1n) is 6.60. The molecule has 1 aromatic carbocycles. The second-order valence-electron chi connectivity index (χ2n) is 4.58. The van der Waals surface area contributed by atoms with Crippen molar-refractivity contribution in [3.8, 4) is 11.5 Å². The highest BCUT2D eigenvalue weighted by atomic mass is 79.9. The molecule has 0 bridgehead atoms. The van der Waals surface area contributed by atoms with Gasteiger partial charge in [0, 0.05) is 6.07 Å². The van der Waals surface area contributed by atoms with Gasteiger partial charge in [0.25, 0.3) is 0 Å². The molecule has 0 unspecified atom stereocenters. The van der Waals surface area contributed by atoms with Crippen molar-refractivity contribution >= 4 is 33.2 Å². The standard InChI is InChI=1S/C15H18BrClFNO3/c1-10(2)19-22-7-6-21-15-11(3)8-12(9-13(15)17)20-5-4-14(16)18/h4,8-9H,5-7H2,1-3H3/b14-4-. The summed E-state index contributed by atoms with van der Waals surface area (Å²) in [4.78, 5) is 5.04. The average Bonchev–Trinajstić information content (AvgIpc) is 2.40. The Hall–Kier alpha value is -1.27. The zero-order valence-corrected chi connectivity index (χ0v) is 15.0. The molecular weight excluding hydrogens is 377 g/mol. The molecule has 1 aromatic rings. The predicted molar refractivity (Wildman–Crippen MR) is 90.0 cm³/mol. The maximum Gasteiger partial charge on any atom is 0.165 e. The van der Waals surface area contributed by atoms with Gasteiger partial charge in [-0.2, -0.15) is 4.39 Å². The topological polar surface area (TPSA) is 40.0 Å². The third kappa shape index (κ3) is 7.13. The lowest BCUT2D eigenvalue weighted by Gasteiger charge is -2.13. The largest absolute Gasteiger partial charge is 0.489 e. The van der Waals surface area contributed by atoms with Gasteiger partial charge < -0.3 is 14.3 Å². The Bertz CT molecular complexity index is 533. The van der Waals surface area contributed by atoms with E-state index < -0.39 is 4.74 Å². The van der Waals surface area contributed by atoms with Crippen LogP contribution in [0, 0.1) is 6.92 Å². The van der Waals surface area contributed by atoms with Gasteiger partial charge in [0.1, 0.15) is 24.7 Å². The highest BCUT2D eigenvalue weighted by Crippen LogP contribution is 2.33. The second kappa shape index (κ2) is 9.69. The highest BCUT2D eigenvalue weighted by Gasteiger charge is 2.09. The normalized spacial score (nSPS) is 11.1. The molecular formula is C15H18BrClFNO3. The molecule has 22 heavy (non-hydrogen) atoms. The summed E-state index contributed by atoms with van der Waals surface area (Å²) in [6, 6.07) is 3.40. The van der Waals surface area contributed by atoms with Crippen LogP contribution >= 0.6 is 27.5 Å². The number of aryl methyl sites for hydroxylation is 1. The molecule has 0 aliphatic rings. The molecule has 0 aliphatic carbocycles. The van der Waals surface area contributed by atoms with E-state index in [4.69, 9.17) is 25.9 Å². The molecule has 0 saturated heterocycles. The lowest BCUT2D eigenvalue weighted by molar-refractivity contribution is 0.106. The minimum absolute atomic E-state index is 0.106. The first kappa shape index (κ1) is 18.8. The predicted octanol–water partition coefficient (Wildman–Crippen LogP) is 5.02. The van der Waals surface area contributed by atoms with Crippen molar-refractivity contribution in [2.24, 2.45) is 5.16 Å². The van der Waals surface area contributed by atoms with Crippen molar-refractivity contribution < 1.29 is 18.7 Å². The first-order chi connectivity index (χ1) is 10.4. The van der Waals surface area contributed by atoms with E-state index in [0.717, 1.165) is 11.3 Å². The first-order valence-corrected chi connectivity index (χ1v) is 7.77. The summed E-state index contributed by atoms with van der Waals surface area (Å²) in [7, 11) is 0. The van der Waals surface area contributed by atoms with E-state index in [1.165, 1.54) is 6.08 Å². The van der Waals surface area contributed by atoms with Gasteiger partial charge in [-0.1, -0.05) is 16.8 Å². The maximum atomic E-state index is 12.5. The van der Waals surface area contributed by atoms with Crippen molar-refractivity contribution in [2.45, 2.75) is 20.8 Å². The summed E-state index contributed by atoms with van der Waals surface area (Å²) in [6.07, 6.45) is 1.27. The van der Waals surface area contributed by atoms with Crippen LogP contribution in [0.4, 0.5) is 4.39 Å². The van der Waals surface area contributed by atoms with Gasteiger partial charge in [-0.3, -0.25) is 0 Å². The molecule has 0 amide bonds. The molecule has 0 spiro atoms. The van der Waals surface area contributed by atoms with Crippen LogP contribution in [0.1, 0.15) is 19.4 Å². The molecule has 4 nitrogen and oxygen atoms in total. The zero-order valence-electron chi connectivity index (χ0n) is 12.7. The number of hydrogen-bond donors (Lipinski definition) is 0. The molecule has 7 heteroatoms. The summed E-state index contributed by atoms with van der Waals surface area (Å²) in [6.45, 7) is 6.30. The molecule has 0 aliphatic heterocycles. The van der Waals surface area contributed by atoms with Crippen molar-refractivity contribution in [1.82, 2.24) is 0 Å². The highest BCUT2D eigenvalue weighted by molar-refractivity contribution is 9.11. The lowest BCUT2D eigenvalue weighted by atomic mass is 10.2. The summed E-state index contributed by atoms with van der Waals surface area (Å²) in [5.41, 5.74) is 1.66. The molecule has 0 heterocycles. The van der Waals surface area contributed by atoms with Crippen LogP contribution in [0.25, 0.3) is 0 Å². The van der Waals surface area contributed by atoms with Gasteiger partial charge in [-0.05, 0) is 54.4 Å². The number of hydrogen-bond acceptors (Lipinski definition) is 4. The summed E-state index contributed by atoms with van der Waals surface area (Å²) >= 11 is 8.85. The van der Waals surface area contributed by atoms with Crippen LogP contribution in [0.3, 0.4) is 0 Å². The SMILES string of the molecule is CC(C)=NOCCOc1c(C)cc(OC/C=C(\F)Br)cc1Cl. The van der Waals surface area contributed by atoms with E-state index in [9.17, 15) is 4.39 Å². The van der Waals surface area contributed by atoms with Gasteiger partial charge >= 0.3 is 0 Å². The molecule has 1 rings (SSSR count). The van der Waals surface area contributed by atoms with E-state index in [0.29, 0.717) is 29.7 Å². The van der Waals surface area contributed by atoms with Gasteiger partial charge in [-0.25, -0.2) is 0 Å². The molecule has 0 fully saturated rings. The molecule has 0 aromatic heterocycles. The third-order valence-corrected chi connectivity index (χ3v) is 2.96. The van der Waals surface area contributed by atoms with Crippen LogP contribution in [0.5, 0.6) is 11.5 Å². The van der Waals surface area contributed by atoms with E-state index in [-0.39, 0.29) is 6.61 Å². The van der Waals surface area contributed by atoms with Gasteiger partial charge in [0.05, 0.1) is 10.7 Å². The Morgan fingerprint density at radius 3 is 2.64 bits per heavy atom. The number of rotatable bonds is 8. The smallest absolute Gasteiger partial charge is 0.165 e. The number of oxime groups is 1. The molecule has 0 atom stereocenters. The minimum atomic E-state index is -0.472. The summed E-state index contributed by atoms with van der Waals surface area (Å²) in [5, 5.41) is 4.23. The summed E-state index contributed by atoms with van der Waals surface area (Å²) in [5.74, 6) is 1.11. The van der Waals surface area contributed by atoms with Crippen LogP contribution in [-0.4, -0.2) is 25.5 Å². The Labute approximate surface area is 143 Å². The maximum absolute atomic E-state index is 12.5. The van der Waals surface area contributed by atoms with Gasteiger partial charge in [0.15, 0.2) is 11.3 Å². The lowest BCUT2D eigenvalue weighted by Crippen LogP contribution is -2.06. The number of ether oxygens (including phenoxy) is 2. The number of benzene rings is 1. The fourth-order valence-corrected chi connectivity index (χ4v) is 1.97. The van der Waals surface area contributed by atoms with Gasteiger partial charge in [0.2, 0.25) is 0 Å². The van der Waals surface area contributed by atoms with Crippen LogP contribution in [0.2, 0.25) is 5.02 Å². The number of nitrogens with zero attached hydrogens (tertiary/aromatic N) is 1. The van der Waals surface area contributed by atoms with Crippen LogP contribution in [0.15, 0.2) is 28.1 Å². The monoisotopic (exact) mass is 393 g/mol. The van der Waals surface area contributed by atoms with Crippen molar-refractivity contribution in [3.05, 3.63) is 33.5 Å². The Morgan fingerprint density at radius 1 is 1.32 bits per heavy atom. The molecule has 0 N–H and O–H groups in total. The van der Waals surface area contributed by atoms with E-state index >= 15 is 0 Å². The van der Waals surface area contributed by atoms with Crippen LogP contribution < -0.4 is 9.47 Å². The second-order valence-corrected chi connectivity index (χ2v) is 5.74. The van der Waals surface area contributed by atoms with Gasteiger partial charge in [-0.15, -0.1) is 0 Å². The van der Waals surface area contributed by atoms with Crippen molar-refractivity contribution in [1.29, 1.82) is 0 Å². The quantitative estimate of drug-likeness (QED) is 0.353. The Morgan fingerprint density at radius 2 is 2.05 bits per heavy atom. The van der Waals surface area contributed by atoms with Crippen LogP contribution in [-0.2, 0) is 4.84 Å². The molecule has 0 radical (unpaired) electrons. The molecule has 0 saturated carbocycles. The van der Waals surface area contributed by atoms with Crippen molar-refractivity contribution in [3.63, 3.8) is 0 Å². The fourth-order valence-electron chi connectivity index (χ4n) is 1.52. The average molecular weight is 395 g/mol. The van der Waals surface area contributed by atoms with Crippen molar-refractivity contribution in [2.75, 3.05) is 19.8 Å².